The molecule has 39 heavy (non-hydrogen) atoms. The van der Waals surface area contributed by atoms with Crippen molar-refractivity contribution in [2.75, 3.05) is 14.2 Å². The van der Waals surface area contributed by atoms with E-state index in [4.69, 9.17) is 25.8 Å². The highest BCUT2D eigenvalue weighted by molar-refractivity contribution is 6.33. The van der Waals surface area contributed by atoms with E-state index in [1.807, 2.05) is 18.2 Å². The first kappa shape index (κ1) is 27.5. The van der Waals surface area contributed by atoms with Gasteiger partial charge in [-0.15, -0.1) is 0 Å². The molecule has 1 heterocycles. The van der Waals surface area contributed by atoms with Crippen molar-refractivity contribution in [2.45, 2.75) is 64.6 Å². The Kier molecular flexibility index (Phi) is 7.38. The number of hydrogen-bond donors (Lipinski definition) is 1. The van der Waals surface area contributed by atoms with E-state index in [9.17, 15) is 9.90 Å². The van der Waals surface area contributed by atoms with E-state index in [-0.39, 0.29) is 22.9 Å². The van der Waals surface area contributed by atoms with Crippen LogP contribution in [0.3, 0.4) is 0 Å². The quantitative estimate of drug-likeness (QED) is 0.315. The van der Waals surface area contributed by atoms with Crippen LogP contribution >= 0.6 is 11.6 Å². The molecule has 1 saturated carbocycles. The number of aryl methyl sites for hydroxylation is 1. The highest BCUT2D eigenvalue weighted by atomic mass is 35.5. The lowest BCUT2D eigenvalue weighted by atomic mass is 9.78. The van der Waals surface area contributed by atoms with Gasteiger partial charge in [-0.3, -0.25) is 4.79 Å². The highest BCUT2D eigenvalue weighted by Crippen LogP contribution is 2.60. The van der Waals surface area contributed by atoms with Crippen LogP contribution in [0.4, 0.5) is 0 Å². The van der Waals surface area contributed by atoms with E-state index in [0.29, 0.717) is 17.5 Å². The summed E-state index contributed by atoms with van der Waals surface area (Å²) in [5, 5.41) is 10.2. The predicted octanol–water partition coefficient (Wildman–Crippen LogP) is 7.40. The molecule has 2 aromatic carbocycles. The van der Waals surface area contributed by atoms with Crippen molar-refractivity contribution in [3.05, 3.63) is 75.9 Å². The minimum absolute atomic E-state index is 0.176. The Morgan fingerprint density at radius 2 is 1.95 bits per heavy atom. The lowest BCUT2D eigenvalue weighted by Gasteiger charge is -2.32. The average molecular weight is 550 g/mol. The Morgan fingerprint density at radius 1 is 1.15 bits per heavy atom. The summed E-state index contributed by atoms with van der Waals surface area (Å²) in [7, 11) is 3.31. The van der Waals surface area contributed by atoms with Gasteiger partial charge in [-0.1, -0.05) is 50.6 Å². The maximum Gasteiger partial charge on any atom is 0.307 e. The maximum atomic E-state index is 11.7. The molecule has 1 fully saturated rings. The third-order valence-corrected chi connectivity index (χ3v) is 8.52. The number of aliphatic carboxylic acids is 1. The lowest BCUT2D eigenvalue weighted by Crippen LogP contribution is -2.21. The van der Waals surface area contributed by atoms with E-state index in [1.54, 1.807) is 20.4 Å². The van der Waals surface area contributed by atoms with Crippen molar-refractivity contribution < 1.29 is 24.1 Å². The van der Waals surface area contributed by atoms with Crippen LogP contribution in [0.1, 0.15) is 68.4 Å². The minimum Gasteiger partial charge on any atom is -0.489 e. The molecule has 0 aliphatic heterocycles. The van der Waals surface area contributed by atoms with Gasteiger partial charge in [0.1, 0.15) is 12.4 Å². The summed E-state index contributed by atoms with van der Waals surface area (Å²) < 4.78 is 17.7. The number of nitrogens with zero attached hydrogens (tertiary/aromatic N) is 1. The molecule has 2 aliphatic carbocycles. The minimum atomic E-state index is -0.694. The summed E-state index contributed by atoms with van der Waals surface area (Å²) in [5.74, 6) is 0.269. The molecule has 1 N–H and O–H groups in total. The molecular formula is C32H36ClNO5. The fraction of sp³-hybridized carbons (Fsp3) is 0.438. The summed E-state index contributed by atoms with van der Waals surface area (Å²) in [6.45, 7) is 6.81. The summed E-state index contributed by atoms with van der Waals surface area (Å²) in [5.41, 5.74) is 5.80. The zero-order chi connectivity index (χ0) is 27.9. The number of methoxy groups -OCH3 is 2. The molecule has 0 saturated heterocycles. The topological polar surface area (TPSA) is 77.9 Å². The van der Waals surface area contributed by atoms with Gasteiger partial charge in [-0.05, 0) is 77.1 Å². The standard InChI is InChI=1S/C32H36ClNO5/c1-31(2,3)29(38-5)24-13-19(8-11-22(24)23-15-28(37-4)34-17-27(23)33)18-39-21-10-9-20-7-6-12-32(25(20)14-21)16-26(32)30(35)36/h8-11,13-15,17,26,29H,6-7,12,16,18H2,1-5H3,(H,35,36)/t26-,29+,32-/m0/s1. The van der Waals surface area contributed by atoms with Crippen molar-refractivity contribution in [3.63, 3.8) is 0 Å². The van der Waals surface area contributed by atoms with Gasteiger partial charge in [0.15, 0.2) is 0 Å². The van der Waals surface area contributed by atoms with Crippen LogP contribution in [0.25, 0.3) is 11.1 Å². The monoisotopic (exact) mass is 549 g/mol. The number of carboxylic acid groups (broad SMARTS) is 1. The van der Waals surface area contributed by atoms with Gasteiger partial charge in [0.05, 0.1) is 30.4 Å². The van der Waals surface area contributed by atoms with Crippen LogP contribution in [0.2, 0.25) is 5.02 Å². The second kappa shape index (κ2) is 10.5. The molecule has 0 radical (unpaired) electrons. The third kappa shape index (κ3) is 5.24. The average Bonchev–Trinajstić information content (AvgIpc) is 3.63. The van der Waals surface area contributed by atoms with Crippen molar-refractivity contribution in [2.24, 2.45) is 11.3 Å². The van der Waals surface area contributed by atoms with Crippen LogP contribution < -0.4 is 9.47 Å². The Hall–Kier alpha value is -3.09. The van der Waals surface area contributed by atoms with Gasteiger partial charge in [0.25, 0.3) is 0 Å². The van der Waals surface area contributed by atoms with E-state index in [2.05, 4.69) is 50.0 Å². The Balaban J connectivity index is 1.46. The normalized spacial score (nSPS) is 20.8. The second-order valence-electron chi connectivity index (χ2n) is 11.8. The van der Waals surface area contributed by atoms with Crippen molar-refractivity contribution in [1.82, 2.24) is 4.98 Å². The molecule has 0 amide bonds. The summed E-state index contributed by atoms with van der Waals surface area (Å²) in [4.78, 5) is 16.0. The zero-order valence-electron chi connectivity index (χ0n) is 23.2. The molecule has 5 rings (SSSR count). The Morgan fingerprint density at radius 3 is 2.62 bits per heavy atom. The predicted molar refractivity (Wildman–Crippen MR) is 152 cm³/mol. The van der Waals surface area contributed by atoms with Gasteiger partial charge in [0, 0.05) is 24.2 Å². The van der Waals surface area contributed by atoms with E-state index in [1.165, 1.54) is 5.56 Å². The number of pyridine rings is 1. The van der Waals surface area contributed by atoms with Gasteiger partial charge < -0.3 is 19.3 Å². The number of benzene rings is 2. The molecule has 0 unspecified atom stereocenters. The van der Waals surface area contributed by atoms with Gasteiger partial charge in [-0.2, -0.15) is 0 Å². The second-order valence-corrected chi connectivity index (χ2v) is 12.2. The summed E-state index contributed by atoms with van der Waals surface area (Å²) in [6, 6.07) is 14.2. The Bertz CT molecular complexity index is 1400. The van der Waals surface area contributed by atoms with Crippen LogP contribution in [-0.2, 0) is 28.0 Å². The first-order valence-corrected chi connectivity index (χ1v) is 13.8. The van der Waals surface area contributed by atoms with Crippen LogP contribution in [0.15, 0.2) is 48.7 Å². The highest BCUT2D eigenvalue weighted by Gasteiger charge is 2.60. The summed E-state index contributed by atoms with van der Waals surface area (Å²) >= 11 is 6.60. The number of fused-ring (bicyclic) bond motifs is 2. The summed E-state index contributed by atoms with van der Waals surface area (Å²) in [6.07, 6.45) is 5.08. The van der Waals surface area contributed by atoms with E-state index >= 15 is 0 Å². The molecule has 3 aromatic rings. The number of rotatable bonds is 8. The van der Waals surface area contributed by atoms with Crippen molar-refractivity contribution in [3.8, 4) is 22.8 Å². The zero-order valence-corrected chi connectivity index (χ0v) is 24.0. The van der Waals surface area contributed by atoms with Crippen LogP contribution in [-0.4, -0.2) is 30.3 Å². The molecule has 2 aliphatic rings. The lowest BCUT2D eigenvalue weighted by molar-refractivity contribution is -0.139. The van der Waals surface area contributed by atoms with Crippen molar-refractivity contribution in [1.29, 1.82) is 0 Å². The van der Waals surface area contributed by atoms with Crippen LogP contribution in [0, 0.1) is 11.3 Å². The van der Waals surface area contributed by atoms with E-state index < -0.39 is 5.97 Å². The molecule has 3 atom stereocenters. The first-order valence-electron chi connectivity index (χ1n) is 13.4. The number of aromatic nitrogens is 1. The first-order chi connectivity index (χ1) is 18.6. The molecule has 1 aromatic heterocycles. The number of ether oxygens (including phenoxy) is 3. The molecule has 7 heteroatoms. The maximum absolute atomic E-state index is 11.7. The van der Waals surface area contributed by atoms with Gasteiger partial charge >= 0.3 is 5.97 Å². The van der Waals surface area contributed by atoms with Crippen LogP contribution in [0.5, 0.6) is 11.6 Å². The Labute approximate surface area is 235 Å². The fourth-order valence-corrected chi connectivity index (χ4v) is 6.48. The molecule has 1 spiro atoms. The number of halogens is 1. The third-order valence-electron chi connectivity index (χ3n) is 8.22. The van der Waals surface area contributed by atoms with Gasteiger partial charge in [0.2, 0.25) is 5.88 Å². The number of carbonyl (C=O) groups is 1. The number of carboxylic acids is 1. The molecule has 0 bridgehead atoms. The van der Waals surface area contributed by atoms with Crippen molar-refractivity contribution >= 4 is 17.6 Å². The molecular weight excluding hydrogens is 514 g/mol. The molecule has 206 valence electrons. The van der Waals surface area contributed by atoms with Gasteiger partial charge in [-0.25, -0.2) is 4.98 Å². The molecule has 6 nitrogen and oxygen atoms in total. The fourth-order valence-electron chi connectivity index (χ4n) is 6.27. The number of hydrogen-bond acceptors (Lipinski definition) is 5. The largest absolute Gasteiger partial charge is 0.489 e. The smallest absolute Gasteiger partial charge is 0.307 e. The SMILES string of the molecule is COc1cc(-c2ccc(COc3ccc4c(c3)[C@]3(CCC4)C[C@H]3C(=O)O)cc2[C@@H](OC)C(C)(C)C)c(Cl)cn1. The van der Waals surface area contributed by atoms with E-state index in [0.717, 1.165) is 59.3 Å².